The van der Waals surface area contributed by atoms with Crippen molar-refractivity contribution in [2.75, 3.05) is 35.0 Å². The maximum Gasteiger partial charge on any atom is 0.296 e. The molecule has 0 saturated carbocycles. The minimum atomic E-state index is -0.757. The van der Waals surface area contributed by atoms with Crippen LogP contribution in [0.15, 0.2) is 36.4 Å². The van der Waals surface area contributed by atoms with E-state index in [0.29, 0.717) is 31.7 Å². The second-order valence-corrected chi connectivity index (χ2v) is 9.13. The summed E-state index contributed by atoms with van der Waals surface area (Å²) in [7, 11) is 5.93. The Labute approximate surface area is 222 Å². The monoisotopic (exact) mass is 526 g/mol. The molecule has 3 unspecified atom stereocenters. The van der Waals surface area contributed by atoms with Crippen LogP contribution in [-0.4, -0.2) is 80.8 Å². The zero-order valence-corrected chi connectivity index (χ0v) is 22.4. The van der Waals surface area contributed by atoms with E-state index in [9.17, 15) is 14.4 Å². The summed E-state index contributed by atoms with van der Waals surface area (Å²) in [5.41, 5.74) is 0.999. The number of fused-ring (bicyclic) bond motifs is 2. The van der Waals surface area contributed by atoms with Crippen LogP contribution in [0.1, 0.15) is 42.1 Å². The lowest BCUT2D eigenvalue weighted by atomic mass is 9.88. The number of hydrogen-bond donors (Lipinski definition) is 0. The van der Waals surface area contributed by atoms with Gasteiger partial charge in [0.1, 0.15) is 11.8 Å². The van der Waals surface area contributed by atoms with Crippen LogP contribution in [0, 0.1) is 0 Å². The van der Waals surface area contributed by atoms with E-state index in [1.54, 1.807) is 12.0 Å². The number of piperidine rings is 1. The fourth-order valence-electron chi connectivity index (χ4n) is 5.29. The molecule has 0 aliphatic carbocycles. The number of methoxy groups -OCH3 is 4. The molecule has 2 fully saturated rings. The van der Waals surface area contributed by atoms with Crippen molar-refractivity contribution in [2.45, 2.75) is 51.0 Å². The number of Topliss-reactive ketones (excluding diaryl/α,β-unsaturated/α-hetero) is 1. The highest BCUT2D eigenvalue weighted by atomic mass is 16.5. The van der Waals surface area contributed by atoms with E-state index in [1.807, 2.05) is 31.2 Å². The summed E-state index contributed by atoms with van der Waals surface area (Å²) in [6.07, 6.45) is 1.16. The van der Waals surface area contributed by atoms with Crippen LogP contribution in [0.2, 0.25) is 0 Å². The minimum Gasteiger partial charge on any atom is -0.497 e. The van der Waals surface area contributed by atoms with Crippen molar-refractivity contribution in [1.82, 2.24) is 9.80 Å². The van der Waals surface area contributed by atoms with Gasteiger partial charge in [-0.1, -0.05) is 12.1 Å². The van der Waals surface area contributed by atoms with E-state index in [2.05, 4.69) is 0 Å². The predicted octanol–water partition coefficient (Wildman–Crippen LogP) is 3.06. The summed E-state index contributed by atoms with van der Waals surface area (Å²) in [5.74, 6) is -0.189. The first kappa shape index (κ1) is 27.3. The minimum absolute atomic E-state index is 0.0867. The highest BCUT2D eigenvalue weighted by Gasteiger charge is 2.52. The van der Waals surface area contributed by atoms with Crippen LogP contribution in [0.25, 0.3) is 0 Å². The maximum absolute atomic E-state index is 13.8. The second-order valence-electron chi connectivity index (χ2n) is 9.13. The first-order valence-corrected chi connectivity index (χ1v) is 12.6. The largest absolute Gasteiger partial charge is 0.497 e. The molecular weight excluding hydrogens is 492 g/mol. The first-order valence-electron chi connectivity index (χ1n) is 12.6. The topological polar surface area (TPSA) is 104 Å². The Morgan fingerprint density at radius 2 is 1.58 bits per heavy atom. The van der Waals surface area contributed by atoms with Crippen molar-refractivity contribution in [1.29, 1.82) is 0 Å². The number of benzene rings is 2. The van der Waals surface area contributed by atoms with Gasteiger partial charge in [-0.15, -0.1) is 0 Å². The molecule has 2 aromatic rings. The van der Waals surface area contributed by atoms with Gasteiger partial charge in [0.05, 0.1) is 34.5 Å². The van der Waals surface area contributed by atoms with Gasteiger partial charge in [0, 0.05) is 18.7 Å². The van der Waals surface area contributed by atoms with Crippen molar-refractivity contribution in [2.24, 2.45) is 0 Å². The van der Waals surface area contributed by atoms with Crippen LogP contribution >= 0.6 is 0 Å². The number of carbonyl (C=O) groups excluding carboxylic acids is 3. The van der Waals surface area contributed by atoms with Gasteiger partial charge < -0.3 is 33.5 Å². The van der Waals surface area contributed by atoms with Crippen LogP contribution in [0.4, 0.5) is 0 Å². The molecule has 0 spiro atoms. The van der Waals surface area contributed by atoms with Crippen LogP contribution in [0.5, 0.6) is 23.0 Å². The van der Waals surface area contributed by atoms with Gasteiger partial charge in [-0.2, -0.15) is 0 Å². The smallest absolute Gasteiger partial charge is 0.296 e. The normalized spacial score (nSPS) is 20.7. The van der Waals surface area contributed by atoms with Crippen LogP contribution in [0.3, 0.4) is 0 Å². The molecule has 3 atom stereocenters. The molecule has 10 nitrogen and oxygen atoms in total. The van der Waals surface area contributed by atoms with E-state index in [-0.39, 0.29) is 23.0 Å². The number of likely N-dealkylation sites (tertiary alicyclic amines) is 1. The van der Waals surface area contributed by atoms with Gasteiger partial charge in [-0.05, 0) is 56.0 Å². The number of amides is 2. The van der Waals surface area contributed by atoms with Gasteiger partial charge in [0.2, 0.25) is 11.7 Å². The number of carbonyl (C=O) groups is 3. The Balaban J connectivity index is 1.65. The molecular formula is C28H34N2O8. The fraction of sp³-hybridized carbons (Fsp3) is 0.464. The number of piperazine rings is 1. The molecule has 2 amide bonds. The first-order chi connectivity index (χ1) is 18.4. The number of nitrogens with zero attached hydrogens (tertiary/aromatic N) is 2. The third-order valence-corrected chi connectivity index (χ3v) is 7.08. The van der Waals surface area contributed by atoms with E-state index in [0.717, 1.165) is 17.7 Å². The molecule has 0 radical (unpaired) electrons. The summed E-state index contributed by atoms with van der Waals surface area (Å²) < 4.78 is 27.3. The summed E-state index contributed by atoms with van der Waals surface area (Å²) in [5, 5.41) is 0. The van der Waals surface area contributed by atoms with E-state index in [4.69, 9.17) is 23.7 Å². The van der Waals surface area contributed by atoms with Crippen molar-refractivity contribution < 1.29 is 38.1 Å². The Bertz CT molecular complexity index is 1160. The molecule has 2 aliphatic rings. The zero-order valence-electron chi connectivity index (χ0n) is 22.4. The molecule has 0 N–H and O–H groups in total. The number of ketones is 1. The number of hydrogen-bond acceptors (Lipinski definition) is 8. The van der Waals surface area contributed by atoms with E-state index in [1.165, 1.54) is 38.4 Å². The van der Waals surface area contributed by atoms with Crippen LogP contribution < -0.4 is 18.9 Å². The average molecular weight is 527 g/mol. The van der Waals surface area contributed by atoms with E-state index < -0.39 is 30.0 Å². The van der Waals surface area contributed by atoms with Crippen molar-refractivity contribution in [3.05, 3.63) is 47.5 Å². The molecule has 2 bridgehead atoms. The van der Waals surface area contributed by atoms with Gasteiger partial charge >= 0.3 is 0 Å². The van der Waals surface area contributed by atoms with Gasteiger partial charge in [-0.3, -0.25) is 14.4 Å². The SMILES string of the molecule is CCOC1C2CCCC(C(=O)N1Cc1ccc(OC)cc1)N2C(=O)C(=O)c1cc(OC)c(OC)c(OC)c1. The molecule has 2 aliphatic heterocycles. The van der Waals surface area contributed by atoms with Gasteiger partial charge in [-0.25, -0.2) is 0 Å². The Hall–Kier alpha value is -3.79. The average Bonchev–Trinajstić information content (AvgIpc) is 2.96. The fourth-order valence-corrected chi connectivity index (χ4v) is 5.29. The Morgan fingerprint density at radius 1 is 0.921 bits per heavy atom. The third kappa shape index (κ3) is 5.00. The lowest BCUT2D eigenvalue weighted by Gasteiger charge is -2.53. The molecule has 2 aromatic carbocycles. The number of rotatable bonds is 10. The molecule has 0 aromatic heterocycles. The van der Waals surface area contributed by atoms with Crippen molar-refractivity contribution in [3.8, 4) is 23.0 Å². The zero-order chi connectivity index (χ0) is 27.4. The summed E-state index contributed by atoms with van der Waals surface area (Å²) in [6, 6.07) is 9.16. The molecule has 4 rings (SSSR count). The van der Waals surface area contributed by atoms with Gasteiger partial charge in [0.25, 0.3) is 11.7 Å². The summed E-state index contributed by atoms with van der Waals surface area (Å²) in [4.78, 5) is 44.1. The second kappa shape index (κ2) is 11.7. The van der Waals surface area contributed by atoms with E-state index >= 15 is 0 Å². The molecule has 204 valence electrons. The summed E-state index contributed by atoms with van der Waals surface area (Å²) in [6.45, 7) is 2.52. The third-order valence-electron chi connectivity index (χ3n) is 7.08. The Morgan fingerprint density at radius 3 is 2.13 bits per heavy atom. The molecule has 2 saturated heterocycles. The Kier molecular flexibility index (Phi) is 8.41. The highest BCUT2D eigenvalue weighted by molar-refractivity contribution is 6.43. The standard InChI is InChI=1S/C28H34N2O8/c1-6-38-28-21-9-7-8-20(26(32)29(28)16-17-10-12-19(34-2)13-11-17)30(21)27(33)24(31)18-14-22(35-3)25(37-5)23(15-18)36-4/h10-15,20-21,28H,6-9,16H2,1-5H3. The van der Waals surface area contributed by atoms with Gasteiger partial charge in [0.15, 0.2) is 17.7 Å². The lowest BCUT2D eigenvalue weighted by Crippen LogP contribution is -2.70. The predicted molar refractivity (Wildman–Crippen MR) is 138 cm³/mol. The molecule has 10 heteroatoms. The highest BCUT2D eigenvalue weighted by Crippen LogP contribution is 2.39. The quantitative estimate of drug-likeness (QED) is 0.344. The van der Waals surface area contributed by atoms with Crippen molar-refractivity contribution >= 4 is 17.6 Å². The van der Waals surface area contributed by atoms with Crippen molar-refractivity contribution in [3.63, 3.8) is 0 Å². The van der Waals surface area contributed by atoms with Crippen LogP contribution in [-0.2, 0) is 20.9 Å². The molecule has 2 heterocycles. The summed E-state index contributed by atoms with van der Waals surface area (Å²) >= 11 is 0. The molecule has 38 heavy (non-hydrogen) atoms. The lowest BCUT2D eigenvalue weighted by molar-refractivity contribution is -0.191. The maximum atomic E-state index is 13.8. The number of ether oxygens (including phenoxy) is 5.